The van der Waals surface area contributed by atoms with Crippen molar-refractivity contribution < 1.29 is 4.79 Å². The van der Waals surface area contributed by atoms with Gasteiger partial charge >= 0.3 is 0 Å². The maximum absolute atomic E-state index is 12.3. The number of aromatic nitrogens is 2. The molecule has 0 aliphatic carbocycles. The molecule has 5 nitrogen and oxygen atoms in total. The van der Waals surface area contributed by atoms with Gasteiger partial charge in [-0.2, -0.15) is 0 Å². The fourth-order valence-electron chi connectivity index (χ4n) is 3.41. The third-order valence-electron chi connectivity index (χ3n) is 5.12. The van der Waals surface area contributed by atoms with Crippen LogP contribution in [0.3, 0.4) is 0 Å². The number of likely N-dealkylation sites (tertiary alicyclic amines) is 1. The number of aryl methyl sites for hydroxylation is 2. The number of nitrogens with zero attached hydrogens (tertiary/aromatic N) is 3. The quantitative estimate of drug-likeness (QED) is 0.595. The van der Waals surface area contributed by atoms with Crippen molar-refractivity contribution >= 4 is 17.7 Å². The van der Waals surface area contributed by atoms with Gasteiger partial charge in [0.25, 0.3) is 0 Å². The Morgan fingerprint density at radius 3 is 2.32 bits per heavy atom. The Balaban J connectivity index is 1.84. The number of carbonyl (C=O) groups excluding carboxylic acids is 1. The van der Waals surface area contributed by atoms with Gasteiger partial charge in [0.1, 0.15) is 0 Å². The SMILES string of the molecule is CSc1nc(C)c(CCC(=O)NCC(C)(C)N2CCCCC2)c(C)n1. The zero-order valence-electron chi connectivity index (χ0n) is 16.3. The highest BCUT2D eigenvalue weighted by atomic mass is 32.2. The van der Waals surface area contributed by atoms with Crippen LogP contribution in [0.15, 0.2) is 5.16 Å². The molecule has 1 aliphatic heterocycles. The zero-order chi connectivity index (χ0) is 18.4. The second kappa shape index (κ2) is 8.99. The Labute approximate surface area is 156 Å². The molecule has 1 amide bonds. The van der Waals surface area contributed by atoms with Gasteiger partial charge < -0.3 is 5.32 Å². The van der Waals surface area contributed by atoms with Gasteiger partial charge in [0, 0.05) is 29.9 Å². The molecule has 0 unspecified atom stereocenters. The summed E-state index contributed by atoms with van der Waals surface area (Å²) in [6.07, 6.45) is 7.02. The van der Waals surface area contributed by atoms with Crippen LogP contribution in [0.5, 0.6) is 0 Å². The summed E-state index contributed by atoms with van der Waals surface area (Å²) in [5, 5.41) is 3.92. The van der Waals surface area contributed by atoms with Crippen molar-refractivity contribution in [3.63, 3.8) is 0 Å². The van der Waals surface area contributed by atoms with Gasteiger partial charge in [-0.1, -0.05) is 18.2 Å². The Kier molecular flexibility index (Phi) is 7.25. The van der Waals surface area contributed by atoms with E-state index in [2.05, 4.69) is 34.0 Å². The highest BCUT2D eigenvalue weighted by Gasteiger charge is 2.28. The van der Waals surface area contributed by atoms with Gasteiger partial charge in [-0.05, 0) is 71.9 Å². The maximum Gasteiger partial charge on any atom is 0.220 e. The predicted molar refractivity (Wildman–Crippen MR) is 104 cm³/mol. The first-order chi connectivity index (χ1) is 11.8. The van der Waals surface area contributed by atoms with Crippen molar-refractivity contribution in [3.05, 3.63) is 17.0 Å². The largest absolute Gasteiger partial charge is 0.354 e. The van der Waals surface area contributed by atoms with E-state index in [1.165, 1.54) is 19.3 Å². The van der Waals surface area contributed by atoms with E-state index in [1.807, 2.05) is 20.1 Å². The van der Waals surface area contributed by atoms with Crippen LogP contribution in [0.25, 0.3) is 0 Å². The van der Waals surface area contributed by atoms with Crippen molar-refractivity contribution in [3.8, 4) is 0 Å². The molecule has 0 atom stereocenters. The lowest BCUT2D eigenvalue weighted by Crippen LogP contribution is -2.53. The molecule has 1 aromatic heterocycles. The summed E-state index contributed by atoms with van der Waals surface area (Å²) in [6, 6.07) is 0. The van der Waals surface area contributed by atoms with Crippen molar-refractivity contribution in [1.29, 1.82) is 0 Å². The standard InChI is InChI=1S/C19H32N4OS/c1-14-16(15(2)22-18(21-14)25-5)9-10-17(24)20-13-19(3,4)23-11-7-6-8-12-23/h6-13H2,1-5H3,(H,20,24). The first-order valence-electron chi connectivity index (χ1n) is 9.23. The van der Waals surface area contributed by atoms with E-state index in [0.717, 1.165) is 35.2 Å². The molecule has 1 aliphatic rings. The molecule has 1 N–H and O–H groups in total. The molecule has 0 saturated carbocycles. The van der Waals surface area contributed by atoms with Crippen LogP contribution in [-0.4, -0.2) is 52.2 Å². The molecule has 0 bridgehead atoms. The van der Waals surface area contributed by atoms with E-state index < -0.39 is 0 Å². The van der Waals surface area contributed by atoms with Crippen molar-refractivity contribution in [2.24, 2.45) is 0 Å². The first-order valence-corrected chi connectivity index (χ1v) is 10.5. The minimum atomic E-state index is 0.0189. The number of piperidine rings is 1. The molecule has 140 valence electrons. The molecule has 2 heterocycles. The maximum atomic E-state index is 12.3. The summed E-state index contributed by atoms with van der Waals surface area (Å²) < 4.78 is 0. The average molecular weight is 365 g/mol. The van der Waals surface area contributed by atoms with E-state index in [-0.39, 0.29) is 11.4 Å². The third kappa shape index (κ3) is 5.68. The van der Waals surface area contributed by atoms with Crippen LogP contribution in [0.2, 0.25) is 0 Å². The lowest BCUT2D eigenvalue weighted by Gasteiger charge is -2.41. The molecular formula is C19H32N4OS. The van der Waals surface area contributed by atoms with Crippen LogP contribution < -0.4 is 5.32 Å². The second-order valence-corrected chi connectivity index (χ2v) is 8.27. The van der Waals surface area contributed by atoms with Crippen molar-refractivity contribution in [2.75, 3.05) is 25.9 Å². The van der Waals surface area contributed by atoms with Crippen LogP contribution in [-0.2, 0) is 11.2 Å². The minimum absolute atomic E-state index is 0.0189. The van der Waals surface area contributed by atoms with Gasteiger partial charge in [-0.25, -0.2) is 9.97 Å². The third-order valence-corrected chi connectivity index (χ3v) is 5.66. The molecule has 0 spiro atoms. The van der Waals surface area contributed by atoms with Crippen LogP contribution in [0, 0.1) is 13.8 Å². The molecule has 0 radical (unpaired) electrons. The molecule has 25 heavy (non-hydrogen) atoms. The second-order valence-electron chi connectivity index (χ2n) is 7.50. The van der Waals surface area contributed by atoms with E-state index >= 15 is 0 Å². The number of nitrogens with one attached hydrogen (secondary N) is 1. The lowest BCUT2D eigenvalue weighted by atomic mass is 9.98. The van der Waals surface area contributed by atoms with Crippen molar-refractivity contribution in [1.82, 2.24) is 20.2 Å². The fraction of sp³-hybridized carbons (Fsp3) is 0.737. The summed E-state index contributed by atoms with van der Waals surface area (Å²) in [5.74, 6) is 0.109. The molecule has 0 aromatic carbocycles. The van der Waals surface area contributed by atoms with Gasteiger partial charge in [0.15, 0.2) is 5.16 Å². The van der Waals surface area contributed by atoms with E-state index in [9.17, 15) is 4.79 Å². The number of thioether (sulfide) groups is 1. The summed E-state index contributed by atoms with van der Waals surface area (Å²) in [7, 11) is 0. The Bertz CT molecular complexity index is 574. The Morgan fingerprint density at radius 2 is 1.76 bits per heavy atom. The number of carbonyl (C=O) groups is 1. The van der Waals surface area contributed by atoms with Gasteiger partial charge in [0.05, 0.1) is 0 Å². The van der Waals surface area contributed by atoms with E-state index in [0.29, 0.717) is 19.4 Å². The summed E-state index contributed by atoms with van der Waals surface area (Å²) in [5.41, 5.74) is 3.09. The van der Waals surface area contributed by atoms with E-state index in [4.69, 9.17) is 0 Å². The fourth-order valence-corrected chi connectivity index (χ4v) is 3.87. The highest BCUT2D eigenvalue weighted by molar-refractivity contribution is 7.98. The zero-order valence-corrected chi connectivity index (χ0v) is 17.1. The molecule has 1 saturated heterocycles. The number of rotatable bonds is 7. The number of hydrogen-bond acceptors (Lipinski definition) is 5. The van der Waals surface area contributed by atoms with Crippen LogP contribution in [0.1, 0.15) is 56.5 Å². The normalized spacial score (nSPS) is 16.0. The van der Waals surface area contributed by atoms with E-state index in [1.54, 1.807) is 11.8 Å². The number of hydrogen-bond donors (Lipinski definition) is 1. The Morgan fingerprint density at radius 1 is 1.16 bits per heavy atom. The monoisotopic (exact) mass is 364 g/mol. The molecular weight excluding hydrogens is 332 g/mol. The molecule has 1 aromatic rings. The van der Waals surface area contributed by atoms with Gasteiger partial charge in [0.2, 0.25) is 5.91 Å². The minimum Gasteiger partial charge on any atom is -0.354 e. The average Bonchev–Trinajstić information content (AvgIpc) is 2.60. The molecule has 2 rings (SSSR count). The topological polar surface area (TPSA) is 58.1 Å². The van der Waals surface area contributed by atoms with Crippen LogP contribution >= 0.6 is 11.8 Å². The first kappa shape index (κ1) is 20.2. The summed E-state index contributed by atoms with van der Waals surface area (Å²) in [4.78, 5) is 23.8. The Hall–Kier alpha value is -1.14. The van der Waals surface area contributed by atoms with Crippen LogP contribution in [0.4, 0.5) is 0 Å². The van der Waals surface area contributed by atoms with Crippen molar-refractivity contribution in [2.45, 2.75) is 70.5 Å². The van der Waals surface area contributed by atoms with Gasteiger partial charge in [-0.3, -0.25) is 9.69 Å². The molecule has 1 fully saturated rings. The lowest BCUT2D eigenvalue weighted by molar-refractivity contribution is -0.121. The molecule has 6 heteroatoms. The smallest absolute Gasteiger partial charge is 0.220 e. The predicted octanol–water partition coefficient (Wildman–Crippen LogP) is 3.13. The summed E-state index contributed by atoms with van der Waals surface area (Å²) in [6.45, 7) is 11.4. The summed E-state index contributed by atoms with van der Waals surface area (Å²) >= 11 is 1.55. The number of amides is 1. The van der Waals surface area contributed by atoms with Gasteiger partial charge in [-0.15, -0.1) is 0 Å². The highest BCUT2D eigenvalue weighted by Crippen LogP contribution is 2.20.